The van der Waals surface area contributed by atoms with Crippen LogP contribution < -0.4 is 9.46 Å². The zero-order valence-corrected chi connectivity index (χ0v) is 17.4. The van der Waals surface area contributed by atoms with Crippen molar-refractivity contribution in [3.05, 3.63) is 59.5 Å². The van der Waals surface area contributed by atoms with Gasteiger partial charge in [0.1, 0.15) is 10.6 Å². The fraction of sp³-hybridized carbons (Fsp3) is 0.263. The van der Waals surface area contributed by atoms with E-state index in [2.05, 4.69) is 4.72 Å². The zero-order chi connectivity index (χ0) is 20.9. The molecule has 0 radical (unpaired) electrons. The van der Waals surface area contributed by atoms with E-state index in [1.54, 1.807) is 24.3 Å². The Balaban J connectivity index is 1.87. The normalized spacial score (nSPS) is 16.0. The summed E-state index contributed by atoms with van der Waals surface area (Å²) in [6, 6.07) is 13.1. The quantitative estimate of drug-likeness (QED) is 0.711. The maximum Gasteiger partial charge on any atom is 0.255 e. The predicted molar refractivity (Wildman–Crippen MR) is 111 cm³/mol. The van der Waals surface area contributed by atoms with E-state index in [-0.39, 0.29) is 29.4 Å². The lowest BCUT2D eigenvalue weighted by molar-refractivity contribution is 0.0729. The fourth-order valence-electron chi connectivity index (χ4n) is 2.80. The Morgan fingerprint density at radius 2 is 1.72 bits per heavy atom. The molecule has 1 aliphatic heterocycles. The van der Waals surface area contributed by atoms with Crippen molar-refractivity contribution in [3.63, 3.8) is 0 Å². The van der Waals surface area contributed by atoms with Crippen LogP contribution in [-0.2, 0) is 24.8 Å². The number of nitrogens with zero attached hydrogens (tertiary/aromatic N) is 1. The second-order valence-electron chi connectivity index (χ2n) is 6.24. The van der Waals surface area contributed by atoms with E-state index < -0.39 is 20.0 Å². The van der Waals surface area contributed by atoms with Gasteiger partial charge in [-0.3, -0.25) is 4.72 Å². The first kappa shape index (κ1) is 21.3. The van der Waals surface area contributed by atoms with E-state index in [9.17, 15) is 16.8 Å². The third kappa shape index (κ3) is 5.36. The molecule has 1 fully saturated rings. The van der Waals surface area contributed by atoms with Crippen LogP contribution in [0.15, 0.2) is 58.8 Å². The smallest absolute Gasteiger partial charge is 0.255 e. The molecule has 1 heterocycles. The van der Waals surface area contributed by atoms with E-state index >= 15 is 0 Å². The van der Waals surface area contributed by atoms with Crippen molar-refractivity contribution in [1.82, 2.24) is 4.31 Å². The minimum atomic E-state index is -3.86. The number of benzene rings is 2. The third-order valence-corrected chi connectivity index (χ3v) is 7.19. The van der Waals surface area contributed by atoms with E-state index in [0.717, 1.165) is 11.0 Å². The molecule has 0 saturated carbocycles. The van der Waals surface area contributed by atoms with Crippen molar-refractivity contribution in [2.75, 3.05) is 38.1 Å². The molecule has 0 aliphatic carbocycles. The zero-order valence-electron chi connectivity index (χ0n) is 15.8. The summed E-state index contributed by atoms with van der Waals surface area (Å²) in [5.74, 6) is 0.138. The molecule has 29 heavy (non-hydrogen) atoms. The molecule has 8 nitrogen and oxygen atoms in total. The van der Waals surface area contributed by atoms with Crippen LogP contribution in [0.25, 0.3) is 6.08 Å². The summed E-state index contributed by atoms with van der Waals surface area (Å²) in [7, 11) is -6.34. The standard InChI is InChI=1S/C19H22N2O6S2/c1-26-18-8-7-17(15-19(18)29(24,25)21-10-12-27-13-11-21)20-28(22,23)14-9-16-5-3-2-4-6-16/h2-9,14-15,20H,10-13H2,1H3. The molecule has 1 saturated heterocycles. The monoisotopic (exact) mass is 438 g/mol. The van der Waals surface area contributed by atoms with Crippen LogP contribution >= 0.6 is 0 Å². The molecule has 2 aromatic carbocycles. The Morgan fingerprint density at radius 1 is 1.03 bits per heavy atom. The molecule has 0 amide bonds. The molecule has 0 unspecified atom stereocenters. The van der Waals surface area contributed by atoms with Crippen molar-refractivity contribution in [3.8, 4) is 5.75 Å². The summed E-state index contributed by atoms with van der Waals surface area (Å²) in [6.45, 7) is 1.05. The van der Waals surface area contributed by atoms with Gasteiger partial charge in [0.25, 0.3) is 10.0 Å². The molecule has 10 heteroatoms. The second kappa shape index (κ2) is 8.95. The topological polar surface area (TPSA) is 102 Å². The van der Waals surface area contributed by atoms with Crippen LogP contribution in [0.2, 0.25) is 0 Å². The number of ether oxygens (including phenoxy) is 2. The highest BCUT2D eigenvalue weighted by Crippen LogP contribution is 2.30. The lowest BCUT2D eigenvalue weighted by Gasteiger charge is -2.26. The number of methoxy groups -OCH3 is 1. The molecule has 156 valence electrons. The highest BCUT2D eigenvalue weighted by atomic mass is 32.2. The highest BCUT2D eigenvalue weighted by molar-refractivity contribution is 7.95. The van der Waals surface area contributed by atoms with Gasteiger partial charge in [-0.05, 0) is 29.8 Å². The number of rotatable bonds is 7. The maximum atomic E-state index is 13.0. The van der Waals surface area contributed by atoms with Crippen LogP contribution in [0.1, 0.15) is 5.56 Å². The second-order valence-corrected chi connectivity index (χ2v) is 9.72. The Labute approximate surface area is 170 Å². The van der Waals surface area contributed by atoms with Gasteiger partial charge >= 0.3 is 0 Å². The molecular weight excluding hydrogens is 416 g/mol. The van der Waals surface area contributed by atoms with E-state index in [1.165, 1.54) is 35.7 Å². The lowest BCUT2D eigenvalue weighted by Crippen LogP contribution is -2.40. The van der Waals surface area contributed by atoms with Gasteiger partial charge in [0.15, 0.2) is 0 Å². The SMILES string of the molecule is COc1ccc(NS(=O)(=O)C=Cc2ccccc2)cc1S(=O)(=O)N1CCOCC1. The number of hydrogen-bond donors (Lipinski definition) is 1. The fourth-order valence-corrected chi connectivity index (χ4v) is 5.25. The van der Waals surface area contributed by atoms with Crippen LogP contribution in [0.4, 0.5) is 5.69 Å². The molecular formula is C19H22N2O6S2. The molecule has 0 atom stereocenters. The van der Waals surface area contributed by atoms with Gasteiger partial charge in [0.05, 0.1) is 31.4 Å². The number of morpholine rings is 1. The summed E-state index contributed by atoms with van der Waals surface area (Å²) in [4.78, 5) is -0.103. The number of anilines is 1. The summed E-state index contributed by atoms with van der Waals surface area (Å²) >= 11 is 0. The Kier molecular flexibility index (Phi) is 6.58. The first-order chi connectivity index (χ1) is 13.8. The minimum absolute atomic E-state index is 0.103. The summed E-state index contributed by atoms with van der Waals surface area (Å²) < 4.78 is 64.8. The average molecular weight is 439 g/mol. The van der Waals surface area contributed by atoms with E-state index in [1.807, 2.05) is 6.07 Å². The molecule has 2 aromatic rings. The Bertz CT molecular complexity index is 1080. The van der Waals surface area contributed by atoms with E-state index in [4.69, 9.17) is 9.47 Å². The van der Waals surface area contributed by atoms with Crippen LogP contribution in [0.5, 0.6) is 5.75 Å². The van der Waals surface area contributed by atoms with Gasteiger partial charge in [-0.25, -0.2) is 16.8 Å². The van der Waals surface area contributed by atoms with Gasteiger partial charge in [0, 0.05) is 13.1 Å². The molecule has 0 spiro atoms. The first-order valence-electron chi connectivity index (χ1n) is 8.84. The predicted octanol–water partition coefficient (Wildman–Crippen LogP) is 2.13. The highest BCUT2D eigenvalue weighted by Gasteiger charge is 2.29. The molecule has 0 aromatic heterocycles. The van der Waals surface area contributed by atoms with Crippen molar-refractivity contribution < 1.29 is 26.3 Å². The van der Waals surface area contributed by atoms with Crippen molar-refractivity contribution in [1.29, 1.82) is 0 Å². The van der Waals surface area contributed by atoms with Crippen molar-refractivity contribution in [2.24, 2.45) is 0 Å². The maximum absolute atomic E-state index is 13.0. The molecule has 1 aliphatic rings. The minimum Gasteiger partial charge on any atom is -0.495 e. The Hall–Kier alpha value is -2.40. The summed E-state index contributed by atoms with van der Waals surface area (Å²) in [5, 5.41) is 1.03. The van der Waals surface area contributed by atoms with Gasteiger partial charge in [-0.2, -0.15) is 4.31 Å². The number of hydrogen-bond acceptors (Lipinski definition) is 6. The van der Waals surface area contributed by atoms with Crippen LogP contribution in [0.3, 0.4) is 0 Å². The lowest BCUT2D eigenvalue weighted by atomic mass is 10.2. The molecule has 1 N–H and O–H groups in total. The average Bonchev–Trinajstić information content (AvgIpc) is 2.73. The Morgan fingerprint density at radius 3 is 2.38 bits per heavy atom. The van der Waals surface area contributed by atoms with Gasteiger partial charge in [0.2, 0.25) is 10.0 Å². The molecule has 3 rings (SSSR count). The van der Waals surface area contributed by atoms with Crippen molar-refractivity contribution in [2.45, 2.75) is 4.90 Å². The van der Waals surface area contributed by atoms with E-state index in [0.29, 0.717) is 13.2 Å². The largest absolute Gasteiger partial charge is 0.495 e. The first-order valence-corrected chi connectivity index (χ1v) is 11.8. The van der Waals surface area contributed by atoms with Crippen LogP contribution in [-0.4, -0.2) is 54.6 Å². The number of sulfonamides is 2. The van der Waals surface area contributed by atoms with Crippen molar-refractivity contribution >= 4 is 31.8 Å². The van der Waals surface area contributed by atoms with Gasteiger partial charge in [-0.15, -0.1) is 0 Å². The third-order valence-electron chi connectivity index (χ3n) is 4.25. The number of nitrogens with one attached hydrogen (secondary N) is 1. The van der Waals surface area contributed by atoms with Gasteiger partial charge < -0.3 is 9.47 Å². The summed E-state index contributed by atoms with van der Waals surface area (Å²) in [6.07, 6.45) is 1.46. The summed E-state index contributed by atoms with van der Waals surface area (Å²) in [5.41, 5.74) is 0.846. The van der Waals surface area contributed by atoms with Gasteiger partial charge in [-0.1, -0.05) is 30.3 Å². The molecule has 0 bridgehead atoms. The van der Waals surface area contributed by atoms with Crippen LogP contribution in [0, 0.1) is 0 Å².